The summed E-state index contributed by atoms with van der Waals surface area (Å²) < 4.78 is 5.21. The van der Waals surface area contributed by atoms with Crippen LogP contribution in [0.1, 0.15) is 32.7 Å². The van der Waals surface area contributed by atoms with Crippen LogP contribution in [0.4, 0.5) is 16.2 Å². The third kappa shape index (κ3) is 4.22. The molecule has 0 radical (unpaired) electrons. The van der Waals surface area contributed by atoms with Crippen molar-refractivity contribution >= 4 is 29.2 Å². The lowest BCUT2D eigenvalue weighted by Gasteiger charge is -2.15. The molecule has 0 fully saturated rings. The number of non-ortho nitro benzene ring substituents is 1. The molecule has 0 bridgehead atoms. The molecule has 0 aliphatic carbocycles. The maximum atomic E-state index is 12.4. The lowest BCUT2D eigenvalue weighted by Crippen LogP contribution is -2.35. The first-order chi connectivity index (χ1) is 14.3. The molecule has 1 aliphatic rings. The van der Waals surface area contributed by atoms with E-state index in [0.29, 0.717) is 17.9 Å². The minimum atomic E-state index is -0.619. The number of hydrogen-bond donors (Lipinski definition) is 2. The lowest BCUT2D eigenvalue weighted by molar-refractivity contribution is -0.384. The number of rotatable bonds is 7. The van der Waals surface area contributed by atoms with Gasteiger partial charge in [0, 0.05) is 25.2 Å². The monoisotopic (exact) mass is 412 g/mol. The van der Waals surface area contributed by atoms with E-state index in [1.54, 1.807) is 12.1 Å². The number of hydrogen-bond acceptors (Lipinski definition) is 6. The van der Waals surface area contributed by atoms with Gasteiger partial charge in [-0.2, -0.15) is 0 Å². The Hall–Kier alpha value is -3.95. The largest absolute Gasteiger partial charge is 0.495 e. The lowest BCUT2D eigenvalue weighted by atomic mass is 10.1. The summed E-state index contributed by atoms with van der Waals surface area (Å²) in [6.45, 7) is 2.18. The van der Waals surface area contributed by atoms with Crippen LogP contribution < -0.4 is 15.4 Å². The molecule has 0 saturated carbocycles. The van der Waals surface area contributed by atoms with Crippen molar-refractivity contribution in [2.75, 3.05) is 25.5 Å². The molecule has 0 aromatic heterocycles. The Morgan fingerprint density at radius 2 is 1.87 bits per heavy atom. The van der Waals surface area contributed by atoms with Crippen molar-refractivity contribution in [3.63, 3.8) is 0 Å². The molecule has 2 aromatic carbocycles. The number of urea groups is 1. The fourth-order valence-electron chi connectivity index (χ4n) is 3.12. The summed E-state index contributed by atoms with van der Waals surface area (Å²) in [7, 11) is 1.50. The van der Waals surface area contributed by atoms with Crippen LogP contribution in [0.3, 0.4) is 0 Å². The van der Waals surface area contributed by atoms with Crippen molar-refractivity contribution in [2.45, 2.75) is 13.3 Å². The number of nitro benzene ring substituents is 1. The first-order valence-electron chi connectivity index (χ1n) is 9.16. The van der Waals surface area contributed by atoms with Crippen molar-refractivity contribution < 1.29 is 24.0 Å². The molecular weight excluding hydrogens is 392 g/mol. The van der Waals surface area contributed by atoms with E-state index in [-0.39, 0.29) is 29.9 Å². The van der Waals surface area contributed by atoms with Crippen LogP contribution in [0.25, 0.3) is 0 Å². The molecule has 0 spiro atoms. The van der Waals surface area contributed by atoms with Gasteiger partial charge in [-0.15, -0.1) is 0 Å². The topological polar surface area (TPSA) is 131 Å². The predicted octanol–water partition coefficient (Wildman–Crippen LogP) is 2.72. The summed E-state index contributed by atoms with van der Waals surface area (Å²) in [6, 6.07) is 8.52. The number of methoxy groups -OCH3 is 1. The van der Waals surface area contributed by atoms with Gasteiger partial charge in [0.2, 0.25) is 0 Å². The van der Waals surface area contributed by atoms with Crippen molar-refractivity contribution in [1.29, 1.82) is 0 Å². The zero-order valence-electron chi connectivity index (χ0n) is 16.4. The number of ether oxygens (including phenoxy) is 1. The van der Waals surface area contributed by atoms with Crippen molar-refractivity contribution in [3.05, 3.63) is 63.2 Å². The maximum Gasteiger partial charge on any atom is 0.319 e. The van der Waals surface area contributed by atoms with Crippen LogP contribution >= 0.6 is 0 Å². The highest BCUT2D eigenvalue weighted by atomic mass is 16.6. The highest BCUT2D eigenvalue weighted by Crippen LogP contribution is 2.27. The van der Waals surface area contributed by atoms with Crippen molar-refractivity contribution in [3.8, 4) is 5.75 Å². The molecule has 2 aromatic rings. The second-order valence-corrected chi connectivity index (χ2v) is 6.69. The number of anilines is 1. The first kappa shape index (κ1) is 20.8. The second-order valence-electron chi connectivity index (χ2n) is 6.69. The summed E-state index contributed by atoms with van der Waals surface area (Å²) in [5.41, 5.74) is 1.39. The van der Waals surface area contributed by atoms with Crippen LogP contribution in [-0.4, -0.2) is 47.9 Å². The summed E-state index contributed by atoms with van der Waals surface area (Å²) in [5, 5.41) is 16.2. The summed E-state index contributed by atoms with van der Waals surface area (Å²) in [5.74, 6) is -0.553. The Kier molecular flexibility index (Phi) is 5.95. The molecule has 1 aliphatic heterocycles. The Bertz CT molecular complexity index is 1040. The molecule has 156 valence electrons. The summed E-state index contributed by atoms with van der Waals surface area (Å²) in [6.07, 6.45) is 0.325. The highest BCUT2D eigenvalue weighted by Gasteiger charge is 2.36. The van der Waals surface area contributed by atoms with Crippen molar-refractivity contribution in [2.24, 2.45) is 0 Å². The number of nitro groups is 1. The van der Waals surface area contributed by atoms with Crippen LogP contribution in [0.2, 0.25) is 0 Å². The average molecular weight is 412 g/mol. The van der Waals surface area contributed by atoms with Crippen LogP contribution in [-0.2, 0) is 0 Å². The van der Waals surface area contributed by atoms with Crippen LogP contribution in [0, 0.1) is 17.0 Å². The molecular formula is C20H20N4O6. The van der Waals surface area contributed by atoms with E-state index < -0.39 is 22.8 Å². The third-order valence-corrected chi connectivity index (χ3v) is 4.61. The van der Waals surface area contributed by atoms with Gasteiger partial charge in [0.05, 0.1) is 28.8 Å². The Morgan fingerprint density at radius 1 is 1.13 bits per heavy atom. The maximum absolute atomic E-state index is 12.4. The van der Waals surface area contributed by atoms with E-state index in [4.69, 9.17) is 4.74 Å². The molecule has 0 saturated heterocycles. The van der Waals surface area contributed by atoms with Gasteiger partial charge in [0.1, 0.15) is 5.75 Å². The average Bonchev–Trinajstić information content (AvgIpc) is 2.95. The van der Waals surface area contributed by atoms with E-state index >= 15 is 0 Å². The van der Waals surface area contributed by atoms with Gasteiger partial charge in [-0.05, 0) is 37.1 Å². The summed E-state index contributed by atoms with van der Waals surface area (Å²) in [4.78, 5) is 48.2. The second kappa shape index (κ2) is 8.60. The number of benzene rings is 2. The molecule has 4 amide bonds. The Morgan fingerprint density at radius 3 is 2.57 bits per heavy atom. The first-order valence-corrected chi connectivity index (χ1v) is 9.16. The van der Waals surface area contributed by atoms with Gasteiger partial charge < -0.3 is 15.4 Å². The number of imide groups is 1. The third-order valence-electron chi connectivity index (χ3n) is 4.61. The SMILES string of the molecule is COc1ccc(C)cc1NC(=O)NCCCN1C(=O)c2ccc([N+](=O)[O-])cc2C1=O. The van der Waals surface area contributed by atoms with Crippen LogP contribution in [0.5, 0.6) is 5.75 Å². The minimum Gasteiger partial charge on any atom is -0.495 e. The predicted molar refractivity (Wildman–Crippen MR) is 108 cm³/mol. The highest BCUT2D eigenvalue weighted by molar-refractivity contribution is 6.21. The number of aryl methyl sites for hydroxylation is 1. The number of carbonyl (C=O) groups excluding carboxylic acids is 3. The molecule has 0 atom stereocenters. The van der Waals surface area contributed by atoms with Crippen LogP contribution in [0.15, 0.2) is 36.4 Å². The van der Waals surface area contributed by atoms with Gasteiger partial charge in [-0.1, -0.05) is 6.07 Å². The smallest absolute Gasteiger partial charge is 0.319 e. The van der Waals surface area contributed by atoms with E-state index in [1.807, 2.05) is 13.0 Å². The number of amides is 4. The van der Waals surface area contributed by atoms with E-state index in [9.17, 15) is 24.5 Å². The van der Waals surface area contributed by atoms with Gasteiger partial charge in [0.15, 0.2) is 0 Å². The fraction of sp³-hybridized carbons (Fsp3) is 0.250. The normalized spacial score (nSPS) is 12.5. The zero-order valence-corrected chi connectivity index (χ0v) is 16.4. The molecule has 30 heavy (non-hydrogen) atoms. The van der Waals surface area contributed by atoms with Gasteiger partial charge >= 0.3 is 6.03 Å². The van der Waals surface area contributed by atoms with Gasteiger partial charge in [0.25, 0.3) is 17.5 Å². The Balaban J connectivity index is 1.53. The quantitative estimate of drug-likeness (QED) is 0.311. The molecule has 2 N–H and O–H groups in total. The number of carbonyl (C=O) groups is 3. The molecule has 0 unspecified atom stereocenters. The van der Waals surface area contributed by atoms with E-state index in [1.165, 1.54) is 19.2 Å². The van der Waals surface area contributed by atoms with Crippen molar-refractivity contribution in [1.82, 2.24) is 10.2 Å². The van der Waals surface area contributed by atoms with E-state index in [2.05, 4.69) is 10.6 Å². The molecule has 1 heterocycles. The standard InChI is InChI=1S/C20H20N4O6/c1-12-4-7-17(30-2)16(10-12)22-20(27)21-8-3-9-23-18(25)14-6-5-13(24(28)29)11-15(14)19(23)26/h4-7,10-11H,3,8-9H2,1-2H3,(H2,21,22,27). The molecule has 3 rings (SSSR count). The Labute approximate surface area is 172 Å². The molecule has 10 nitrogen and oxygen atoms in total. The number of nitrogens with zero attached hydrogens (tertiary/aromatic N) is 2. The summed E-state index contributed by atoms with van der Waals surface area (Å²) >= 11 is 0. The minimum absolute atomic E-state index is 0.0199. The molecule has 10 heteroatoms. The zero-order chi connectivity index (χ0) is 21.8. The van der Waals surface area contributed by atoms with E-state index in [0.717, 1.165) is 16.5 Å². The fourth-order valence-corrected chi connectivity index (χ4v) is 3.12. The number of fused-ring (bicyclic) bond motifs is 1. The van der Waals surface area contributed by atoms with Gasteiger partial charge in [-0.25, -0.2) is 4.79 Å². The number of nitrogens with one attached hydrogen (secondary N) is 2. The van der Waals surface area contributed by atoms with Gasteiger partial charge in [-0.3, -0.25) is 24.6 Å².